The lowest BCUT2D eigenvalue weighted by molar-refractivity contribution is 0.339. The Morgan fingerprint density at radius 3 is 2.08 bits per heavy atom. The zero-order valence-electron chi connectivity index (χ0n) is 18.6. The van der Waals surface area contributed by atoms with E-state index >= 15 is 0 Å². The van der Waals surface area contributed by atoms with E-state index < -0.39 is 0 Å². The second-order valence-corrected chi connectivity index (χ2v) is 8.62. The molecular weight excluding hydrogens is 319 g/mol. The van der Waals surface area contributed by atoms with Crippen molar-refractivity contribution in [2.24, 2.45) is 11.3 Å². The van der Waals surface area contributed by atoms with Gasteiger partial charge in [0, 0.05) is 0 Å². The molecule has 1 heteroatoms. The van der Waals surface area contributed by atoms with Gasteiger partial charge in [-0.3, -0.25) is 0 Å². The Morgan fingerprint density at radius 2 is 1.62 bits per heavy atom. The minimum absolute atomic E-state index is 0.0658. The van der Waals surface area contributed by atoms with E-state index in [9.17, 15) is 4.39 Å². The van der Waals surface area contributed by atoms with Crippen molar-refractivity contribution in [3.8, 4) is 0 Å². The first-order chi connectivity index (χ1) is 12.2. The van der Waals surface area contributed by atoms with Crippen molar-refractivity contribution in [1.29, 1.82) is 0 Å². The summed E-state index contributed by atoms with van der Waals surface area (Å²) in [5.41, 5.74) is 3.68. The fourth-order valence-electron chi connectivity index (χ4n) is 3.38. The Kier molecular flexibility index (Phi) is 12.6. The summed E-state index contributed by atoms with van der Waals surface area (Å²) >= 11 is 0. The molecule has 0 radical (unpaired) electrons. The number of benzene rings is 1. The van der Waals surface area contributed by atoms with Crippen molar-refractivity contribution >= 4 is 0 Å². The van der Waals surface area contributed by atoms with E-state index in [0.29, 0.717) is 5.41 Å². The van der Waals surface area contributed by atoms with E-state index in [0.717, 1.165) is 29.9 Å². The number of rotatable bonds is 4. The van der Waals surface area contributed by atoms with Gasteiger partial charge in [0.1, 0.15) is 5.82 Å². The second kappa shape index (κ2) is 13.1. The molecule has 1 aliphatic carbocycles. The molecule has 1 aliphatic rings. The zero-order valence-corrected chi connectivity index (χ0v) is 18.6. The van der Waals surface area contributed by atoms with Gasteiger partial charge in [-0.25, -0.2) is 4.39 Å². The van der Waals surface area contributed by atoms with Crippen LogP contribution in [0.4, 0.5) is 4.39 Å². The maximum atomic E-state index is 13.4. The molecule has 0 amide bonds. The molecule has 0 aliphatic heterocycles. The summed E-state index contributed by atoms with van der Waals surface area (Å²) in [5.74, 6) is 0.845. The van der Waals surface area contributed by atoms with Crippen molar-refractivity contribution < 1.29 is 4.39 Å². The molecule has 0 bridgehead atoms. The van der Waals surface area contributed by atoms with Crippen molar-refractivity contribution in [1.82, 2.24) is 0 Å². The summed E-state index contributed by atoms with van der Waals surface area (Å²) in [5, 5.41) is 0. The van der Waals surface area contributed by atoms with Gasteiger partial charge in [0.25, 0.3) is 0 Å². The Bertz CT molecular complexity index is 502. The second-order valence-electron chi connectivity index (χ2n) is 8.62. The van der Waals surface area contributed by atoms with Gasteiger partial charge in [-0.05, 0) is 67.2 Å². The average Bonchev–Trinajstić information content (AvgIpc) is 2.59. The van der Waals surface area contributed by atoms with Gasteiger partial charge in [-0.1, -0.05) is 78.9 Å². The van der Waals surface area contributed by atoms with Crippen LogP contribution >= 0.6 is 0 Å². The molecule has 0 atom stereocenters. The highest BCUT2D eigenvalue weighted by Gasteiger charge is 2.14. The molecule has 1 fully saturated rings. The Hall–Kier alpha value is -1.11. The average molecular weight is 363 g/mol. The molecule has 150 valence electrons. The van der Waals surface area contributed by atoms with Gasteiger partial charge < -0.3 is 0 Å². The van der Waals surface area contributed by atoms with E-state index in [4.69, 9.17) is 0 Å². The lowest BCUT2D eigenvalue weighted by Gasteiger charge is -2.21. The zero-order chi connectivity index (χ0) is 20.2. The normalized spacial score (nSPS) is 14.6. The van der Waals surface area contributed by atoms with Gasteiger partial charge >= 0.3 is 0 Å². The summed E-state index contributed by atoms with van der Waals surface area (Å²) in [4.78, 5) is 0. The van der Waals surface area contributed by atoms with Crippen LogP contribution in [0.3, 0.4) is 0 Å². The quantitative estimate of drug-likeness (QED) is 0.470. The van der Waals surface area contributed by atoms with Gasteiger partial charge in [-0.15, -0.1) is 6.58 Å². The molecule has 1 saturated carbocycles. The molecule has 0 spiro atoms. The fraction of sp³-hybridized carbons (Fsp3) is 0.680. The maximum Gasteiger partial charge on any atom is 0.126 e. The third-order valence-electron chi connectivity index (χ3n) is 4.92. The number of hydrogen-bond donors (Lipinski definition) is 0. The smallest absolute Gasteiger partial charge is 0.126 e. The van der Waals surface area contributed by atoms with Crippen LogP contribution in [-0.4, -0.2) is 0 Å². The van der Waals surface area contributed by atoms with Crippen LogP contribution < -0.4 is 0 Å². The van der Waals surface area contributed by atoms with Crippen LogP contribution in [0.15, 0.2) is 24.8 Å². The minimum Gasteiger partial charge on any atom is -0.207 e. The Morgan fingerprint density at radius 1 is 1.04 bits per heavy atom. The molecule has 0 unspecified atom stereocenters. The lowest BCUT2D eigenvalue weighted by Crippen LogP contribution is -2.08. The number of hydrogen-bond acceptors (Lipinski definition) is 0. The maximum absolute atomic E-state index is 13.4. The Balaban J connectivity index is 0.000000589. The topological polar surface area (TPSA) is 0 Å². The Labute approximate surface area is 163 Å². The molecule has 0 nitrogen and oxygen atoms in total. The molecule has 2 rings (SSSR count). The summed E-state index contributed by atoms with van der Waals surface area (Å²) in [6, 6.07) is 3.72. The van der Waals surface area contributed by atoms with E-state index in [1.165, 1.54) is 44.1 Å². The van der Waals surface area contributed by atoms with E-state index in [1.54, 1.807) is 6.07 Å². The fourth-order valence-corrected chi connectivity index (χ4v) is 3.38. The molecule has 1 aromatic rings. The predicted octanol–water partition coefficient (Wildman–Crippen LogP) is 8.59. The molecule has 0 aromatic heterocycles. The SMILES string of the molecule is C=CCC(C)(C)C.CC.Cc1cc(CCC2CCCCC2)c(C)cc1F. The highest BCUT2D eigenvalue weighted by molar-refractivity contribution is 5.31. The first kappa shape index (κ1) is 24.9. The van der Waals surface area contributed by atoms with Crippen LogP contribution in [0.25, 0.3) is 0 Å². The molecule has 0 N–H and O–H groups in total. The van der Waals surface area contributed by atoms with Crippen LogP contribution in [-0.2, 0) is 6.42 Å². The summed E-state index contributed by atoms with van der Waals surface area (Å²) in [6.45, 7) is 18.1. The van der Waals surface area contributed by atoms with Gasteiger partial charge in [-0.2, -0.15) is 0 Å². The van der Waals surface area contributed by atoms with Gasteiger partial charge in [0.2, 0.25) is 0 Å². The van der Waals surface area contributed by atoms with Gasteiger partial charge in [0.05, 0.1) is 0 Å². The predicted molar refractivity (Wildman–Crippen MR) is 116 cm³/mol. The van der Waals surface area contributed by atoms with Crippen molar-refractivity contribution in [3.63, 3.8) is 0 Å². The largest absolute Gasteiger partial charge is 0.207 e. The van der Waals surface area contributed by atoms with E-state index in [2.05, 4.69) is 27.4 Å². The number of allylic oxidation sites excluding steroid dienone is 1. The highest BCUT2D eigenvalue weighted by Crippen LogP contribution is 2.28. The van der Waals surface area contributed by atoms with Crippen molar-refractivity contribution in [3.05, 3.63) is 47.3 Å². The van der Waals surface area contributed by atoms with E-state index in [-0.39, 0.29) is 5.82 Å². The van der Waals surface area contributed by atoms with Crippen LogP contribution in [0.2, 0.25) is 0 Å². The van der Waals surface area contributed by atoms with Crippen LogP contribution in [0.5, 0.6) is 0 Å². The molecular formula is C25H43F. The molecule has 0 saturated heterocycles. The minimum atomic E-state index is -0.0658. The summed E-state index contributed by atoms with van der Waals surface area (Å²) in [7, 11) is 0. The monoisotopic (exact) mass is 362 g/mol. The lowest BCUT2D eigenvalue weighted by atomic mass is 9.84. The van der Waals surface area contributed by atoms with E-state index in [1.807, 2.05) is 39.8 Å². The molecule has 1 aromatic carbocycles. The van der Waals surface area contributed by atoms with Crippen LogP contribution in [0, 0.1) is 31.0 Å². The standard InChI is InChI=1S/C16H23F.C7H14.C2H6/c1-12-11-16(17)13(2)10-15(12)9-8-14-6-4-3-5-7-14;1-5-6-7(2,3)4;1-2/h10-11,14H,3-9H2,1-2H3;5H,1,6H2,2-4H3;1-2H3. The van der Waals surface area contributed by atoms with Crippen molar-refractivity contribution in [2.75, 3.05) is 0 Å². The third kappa shape index (κ3) is 10.8. The number of halogens is 1. The summed E-state index contributed by atoms with van der Waals surface area (Å²) < 4.78 is 13.4. The first-order valence-electron chi connectivity index (χ1n) is 10.6. The summed E-state index contributed by atoms with van der Waals surface area (Å²) in [6.07, 6.45) is 12.5. The molecule has 26 heavy (non-hydrogen) atoms. The van der Waals surface area contributed by atoms with Gasteiger partial charge in [0.15, 0.2) is 0 Å². The first-order valence-corrected chi connectivity index (χ1v) is 10.6. The molecule has 0 heterocycles. The number of aryl methyl sites for hydroxylation is 3. The highest BCUT2D eigenvalue weighted by atomic mass is 19.1. The van der Waals surface area contributed by atoms with Crippen LogP contribution in [0.1, 0.15) is 96.3 Å². The van der Waals surface area contributed by atoms with Crippen molar-refractivity contribution in [2.45, 2.75) is 99.8 Å². The third-order valence-corrected chi connectivity index (χ3v) is 4.92.